The van der Waals surface area contributed by atoms with Crippen LogP contribution in [-0.4, -0.2) is 42.7 Å². The second kappa shape index (κ2) is 7.71. The van der Waals surface area contributed by atoms with Gasteiger partial charge in [0.1, 0.15) is 12.1 Å². The van der Waals surface area contributed by atoms with Crippen LogP contribution >= 0.6 is 12.4 Å². The molecule has 1 aliphatic heterocycles. The third-order valence-electron chi connectivity index (χ3n) is 3.19. The normalized spacial score (nSPS) is 19.9. The number of non-ortho nitro benzene ring substituents is 1. The van der Waals surface area contributed by atoms with Gasteiger partial charge in [-0.25, -0.2) is 4.79 Å². The van der Waals surface area contributed by atoms with Gasteiger partial charge in [0.15, 0.2) is 0 Å². The van der Waals surface area contributed by atoms with Gasteiger partial charge in [0.25, 0.3) is 5.69 Å². The highest BCUT2D eigenvalue weighted by molar-refractivity contribution is 5.90. The number of nitro benzene ring substituents is 1. The first kappa shape index (κ1) is 17.9. The van der Waals surface area contributed by atoms with E-state index in [2.05, 4.69) is 10.1 Å². The third kappa shape index (κ3) is 3.92. The molecule has 1 N–H and O–H groups in total. The molecule has 22 heavy (non-hydrogen) atoms. The lowest BCUT2D eigenvalue weighted by atomic mass is 10.1. The molecule has 120 valence electrons. The molecule has 1 saturated heterocycles. The lowest BCUT2D eigenvalue weighted by Gasteiger charge is -2.17. The number of ether oxygens (including phenoxy) is 2. The highest BCUT2D eigenvalue weighted by atomic mass is 35.5. The minimum absolute atomic E-state index is 0. The number of rotatable bonds is 4. The second-order valence-corrected chi connectivity index (χ2v) is 4.49. The number of nitrogens with one attached hydrogen (secondary N) is 1. The Bertz CT molecular complexity index is 562. The molecule has 0 saturated carbocycles. The molecule has 8 nitrogen and oxygen atoms in total. The van der Waals surface area contributed by atoms with Crippen LogP contribution in [-0.2, 0) is 14.3 Å². The highest BCUT2D eigenvalue weighted by Gasteiger charge is 2.36. The van der Waals surface area contributed by atoms with Crippen LogP contribution in [0.5, 0.6) is 0 Å². The van der Waals surface area contributed by atoms with Crippen LogP contribution in [0.2, 0.25) is 0 Å². The maximum absolute atomic E-state index is 12.0. The Morgan fingerprint density at radius 1 is 1.32 bits per heavy atom. The standard InChI is InChI=1S/C13H14N2O6.ClH/c1-20-13(17)11-10(6-7-14-11)21-12(16)8-2-4-9(5-3-8)15(18)19;/h2-5,10-11,14H,6-7H2,1H3;1H. The first-order valence-corrected chi connectivity index (χ1v) is 6.29. The summed E-state index contributed by atoms with van der Waals surface area (Å²) in [5, 5.41) is 13.4. The van der Waals surface area contributed by atoms with E-state index >= 15 is 0 Å². The van der Waals surface area contributed by atoms with Gasteiger partial charge in [-0.3, -0.25) is 14.9 Å². The predicted molar refractivity (Wildman–Crippen MR) is 78.0 cm³/mol. The zero-order chi connectivity index (χ0) is 15.4. The number of nitrogens with zero attached hydrogens (tertiary/aromatic N) is 1. The predicted octanol–water partition coefficient (Wildman–Crippen LogP) is 1.08. The van der Waals surface area contributed by atoms with Crippen molar-refractivity contribution in [2.45, 2.75) is 18.6 Å². The van der Waals surface area contributed by atoms with E-state index in [0.29, 0.717) is 13.0 Å². The van der Waals surface area contributed by atoms with Crippen LogP contribution in [0.15, 0.2) is 24.3 Å². The fourth-order valence-corrected chi connectivity index (χ4v) is 2.09. The summed E-state index contributed by atoms with van der Waals surface area (Å²) in [6.07, 6.45) is -0.112. The molecule has 9 heteroatoms. The van der Waals surface area contributed by atoms with Gasteiger partial charge in [0, 0.05) is 12.1 Å². The number of hydrogen-bond acceptors (Lipinski definition) is 7. The molecule has 1 aromatic rings. The van der Waals surface area contributed by atoms with Gasteiger partial charge in [-0.2, -0.15) is 0 Å². The largest absolute Gasteiger partial charge is 0.468 e. The first-order valence-electron chi connectivity index (χ1n) is 6.29. The van der Waals surface area contributed by atoms with Crippen LogP contribution in [0.4, 0.5) is 5.69 Å². The molecule has 0 spiro atoms. The molecule has 0 amide bonds. The molecule has 2 unspecified atom stereocenters. The van der Waals surface area contributed by atoms with Crippen molar-refractivity contribution in [2.75, 3.05) is 13.7 Å². The smallest absolute Gasteiger partial charge is 0.338 e. The van der Waals surface area contributed by atoms with Crippen molar-refractivity contribution in [3.05, 3.63) is 39.9 Å². The van der Waals surface area contributed by atoms with Crippen molar-refractivity contribution in [2.24, 2.45) is 0 Å². The van der Waals surface area contributed by atoms with Crippen molar-refractivity contribution in [1.82, 2.24) is 5.32 Å². The molecule has 1 heterocycles. The summed E-state index contributed by atoms with van der Waals surface area (Å²) in [5.41, 5.74) is 0.0811. The zero-order valence-electron chi connectivity index (χ0n) is 11.7. The minimum atomic E-state index is -0.683. The van der Waals surface area contributed by atoms with Crippen molar-refractivity contribution in [3.63, 3.8) is 0 Å². The van der Waals surface area contributed by atoms with Crippen molar-refractivity contribution < 1.29 is 24.0 Å². The summed E-state index contributed by atoms with van der Waals surface area (Å²) in [6.45, 7) is 0.540. The summed E-state index contributed by atoms with van der Waals surface area (Å²) < 4.78 is 9.89. The molecule has 0 bridgehead atoms. The quantitative estimate of drug-likeness (QED) is 0.500. The van der Waals surface area contributed by atoms with Gasteiger partial charge in [0.05, 0.1) is 17.6 Å². The molecule has 1 aromatic carbocycles. The number of hydrogen-bond donors (Lipinski definition) is 1. The molecule has 0 aliphatic carbocycles. The Morgan fingerprint density at radius 3 is 2.50 bits per heavy atom. The number of benzene rings is 1. The van der Waals surface area contributed by atoms with E-state index in [-0.39, 0.29) is 23.7 Å². The zero-order valence-corrected chi connectivity index (χ0v) is 12.5. The Morgan fingerprint density at radius 2 is 1.95 bits per heavy atom. The number of methoxy groups -OCH3 is 1. The minimum Gasteiger partial charge on any atom is -0.468 e. The van der Waals surface area contributed by atoms with E-state index in [1.807, 2.05) is 0 Å². The lowest BCUT2D eigenvalue weighted by Crippen LogP contribution is -2.41. The van der Waals surface area contributed by atoms with Crippen LogP contribution in [0.3, 0.4) is 0 Å². The molecule has 0 aromatic heterocycles. The Balaban J connectivity index is 0.00000242. The van der Waals surface area contributed by atoms with Gasteiger partial charge in [-0.15, -0.1) is 12.4 Å². The number of halogens is 1. The second-order valence-electron chi connectivity index (χ2n) is 4.49. The molecule has 2 atom stereocenters. The van der Waals surface area contributed by atoms with Gasteiger partial charge in [0.2, 0.25) is 0 Å². The molecule has 1 fully saturated rings. The van der Waals surface area contributed by atoms with E-state index in [0.717, 1.165) is 0 Å². The van der Waals surface area contributed by atoms with Crippen LogP contribution in [0.25, 0.3) is 0 Å². The first-order chi connectivity index (χ1) is 10.0. The highest BCUT2D eigenvalue weighted by Crippen LogP contribution is 2.17. The van der Waals surface area contributed by atoms with Crippen LogP contribution < -0.4 is 5.32 Å². The average Bonchev–Trinajstić information content (AvgIpc) is 2.94. The molecular formula is C13H15ClN2O6. The Labute approximate surface area is 132 Å². The number of carbonyl (C=O) groups is 2. The Kier molecular flexibility index (Phi) is 6.26. The van der Waals surface area contributed by atoms with Gasteiger partial charge < -0.3 is 14.8 Å². The lowest BCUT2D eigenvalue weighted by molar-refractivity contribution is -0.384. The summed E-state index contributed by atoms with van der Waals surface area (Å²) >= 11 is 0. The van der Waals surface area contributed by atoms with E-state index < -0.39 is 29.0 Å². The van der Waals surface area contributed by atoms with Crippen molar-refractivity contribution >= 4 is 30.0 Å². The van der Waals surface area contributed by atoms with E-state index in [9.17, 15) is 19.7 Å². The maximum atomic E-state index is 12.0. The average molecular weight is 331 g/mol. The summed E-state index contributed by atoms with van der Waals surface area (Å²) in [6, 6.07) is 4.39. The molecule has 0 radical (unpaired) electrons. The third-order valence-corrected chi connectivity index (χ3v) is 3.19. The molecular weight excluding hydrogens is 316 g/mol. The van der Waals surface area contributed by atoms with Crippen LogP contribution in [0, 0.1) is 10.1 Å². The van der Waals surface area contributed by atoms with E-state index in [4.69, 9.17) is 4.74 Å². The molecule has 1 aliphatic rings. The van der Waals surface area contributed by atoms with E-state index in [1.165, 1.54) is 31.4 Å². The summed E-state index contributed by atoms with van der Waals surface area (Å²) in [7, 11) is 1.26. The fraction of sp³-hybridized carbons (Fsp3) is 0.385. The SMILES string of the molecule is COC(=O)C1NCCC1OC(=O)c1ccc([N+](=O)[O-])cc1.Cl. The monoisotopic (exact) mass is 330 g/mol. The van der Waals surface area contributed by atoms with Gasteiger partial charge in [-0.05, 0) is 25.1 Å². The van der Waals surface area contributed by atoms with Gasteiger partial charge >= 0.3 is 11.9 Å². The number of esters is 2. The summed E-state index contributed by atoms with van der Waals surface area (Å²) in [5.74, 6) is -1.12. The van der Waals surface area contributed by atoms with Gasteiger partial charge in [-0.1, -0.05) is 0 Å². The summed E-state index contributed by atoms with van der Waals surface area (Å²) in [4.78, 5) is 33.5. The number of nitro groups is 1. The topological polar surface area (TPSA) is 108 Å². The Hall–Kier alpha value is -2.19. The fourth-order valence-electron chi connectivity index (χ4n) is 2.09. The maximum Gasteiger partial charge on any atom is 0.338 e. The molecule has 2 rings (SSSR count). The van der Waals surface area contributed by atoms with Crippen molar-refractivity contribution in [3.8, 4) is 0 Å². The van der Waals surface area contributed by atoms with Crippen LogP contribution in [0.1, 0.15) is 16.8 Å². The van der Waals surface area contributed by atoms with Crippen molar-refractivity contribution in [1.29, 1.82) is 0 Å². The van der Waals surface area contributed by atoms with E-state index in [1.54, 1.807) is 0 Å². The number of carbonyl (C=O) groups excluding carboxylic acids is 2.